The first-order chi connectivity index (χ1) is 10.5. The van der Waals surface area contributed by atoms with Gasteiger partial charge in [-0.2, -0.15) is 0 Å². The van der Waals surface area contributed by atoms with Crippen LogP contribution in [0, 0.1) is 13.8 Å². The average Bonchev–Trinajstić information content (AvgIpc) is 2.70. The fourth-order valence-corrected chi connectivity index (χ4v) is 2.73. The highest BCUT2D eigenvalue weighted by atomic mass is 16.5. The van der Waals surface area contributed by atoms with E-state index in [1.54, 1.807) is 0 Å². The highest BCUT2D eigenvalue weighted by molar-refractivity contribution is 6.08. The molecule has 1 aromatic rings. The van der Waals surface area contributed by atoms with E-state index < -0.39 is 0 Å². The zero-order chi connectivity index (χ0) is 15.9. The van der Waals surface area contributed by atoms with Gasteiger partial charge in [0.2, 0.25) is 0 Å². The van der Waals surface area contributed by atoms with Gasteiger partial charge in [-0.15, -0.1) is 0 Å². The van der Waals surface area contributed by atoms with E-state index in [0.717, 1.165) is 27.9 Å². The minimum atomic E-state index is -0.348. The van der Waals surface area contributed by atoms with E-state index in [4.69, 9.17) is 4.74 Å². The Kier molecular flexibility index (Phi) is 3.53. The van der Waals surface area contributed by atoms with Gasteiger partial charge in [0.1, 0.15) is 0 Å². The van der Waals surface area contributed by atoms with Crippen molar-refractivity contribution in [3.8, 4) is 11.3 Å². The Bertz CT molecular complexity index is 840. The fourth-order valence-electron chi connectivity index (χ4n) is 2.73. The van der Waals surface area contributed by atoms with Crippen LogP contribution in [0.15, 0.2) is 30.3 Å². The average molecular weight is 294 g/mol. The summed E-state index contributed by atoms with van der Waals surface area (Å²) in [5.41, 5.74) is 4.46. The molecule has 0 spiro atoms. The summed E-state index contributed by atoms with van der Waals surface area (Å²) in [6, 6.07) is 9.73. The van der Waals surface area contributed by atoms with Crippen LogP contribution < -0.4 is 0 Å². The molecule has 0 N–H and O–H groups in total. The Morgan fingerprint density at radius 3 is 2.59 bits per heavy atom. The van der Waals surface area contributed by atoms with Crippen LogP contribution in [0.3, 0.4) is 0 Å². The van der Waals surface area contributed by atoms with Gasteiger partial charge < -0.3 is 4.74 Å². The van der Waals surface area contributed by atoms with Gasteiger partial charge in [0.15, 0.2) is 0 Å². The number of ether oxygens (including phenoxy) is 1. The second-order valence-electron chi connectivity index (χ2n) is 5.70. The number of aromatic nitrogens is 2. The van der Waals surface area contributed by atoms with Crippen molar-refractivity contribution in [2.45, 2.75) is 33.8 Å². The molecule has 0 amide bonds. The number of esters is 1. The molecule has 2 aliphatic heterocycles. The largest absolute Gasteiger partial charge is 0.459 e. The molecule has 4 heteroatoms. The molecule has 2 aliphatic rings. The number of carbonyl (C=O) groups excluding carboxylic acids is 1. The normalized spacial score (nSPS) is 11.3. The quantitative estimate of drug-likeness (QED) is 0.672. The molecule has 0 saturated heterocycles. The van der Waals surface area contributed by atoms with Crippen molar-refractivity contribution in [1.29, 1.82) is 0 Å². The van der Waals surface area contributed by atoms with Crippen LogP contribution in [0.25, 0.3) is 22.2 Å². The molecule has 2 heterocycles. The van der Waals surface area contributed by atoms with E-state index >= 15 is 0 Å². The van der Waals surface area contributed by atoms with E-state index in [9.17, 15) is 4.79 Å². The number of para-hydroxylation sites is 1. The highest BCUT2D eigenvalue weighted by Gasteiger charge is 2.24. The molecule has 0 atom stereocenters. The van der Waals surface area contributed by atoms with Crippen molar-refractivity contribution in [3.05, 3.63) is 47.3 Å². The summed E-state index contributed by atoms with van der Waals surface area (Å²) in [4.78, 5) is 21.7. The van der Waals surface area contributed by atoms with Gasteiger partial charge >= 0.3 is 5.97 Å². The summed E-state index contributed by atoms with van der Waals surface area (Å²) in [5, 5.41) is 0.953. The lowest BCUT2D eigenvalue weighted by atomic mass is 10.0. The number of aryl methyl sites for hydroxylation is 2. The lowest BCUT2D eigenvalue weighted by Gasteiger charge is -2.10. The van der Waals surface area contributed by atoms with Gasteiger partial charge in [-0.05, 0) is 39.8 Å². The summed E-state index contributed by atoms with van der Waals surface area (Å²) in [6.45, 7) is 7.43. The summed E-state index contributed by atoms with van der Waals surface area (Å²) in [5.74, 6) is -0.348. The number of hydrogen-bond acceptors (Lipinski definition) is 4. The first-order valence-electron chi connectivity index (χ1n) is 7.35. The highest BCUT2D eigenvalue weighted by Crippen LogP contribution is 2.35. The maximum absolute atomic E-state index is 12.6. The summed E-state index contributed by atoms with van der Waals surface area (Å²) < 4.78 is 5.42. The minimum Gasteiger partial charge on any atom is -0.459 e. The van der Waals surface area contributed by atoms with Gasteiger partial charge in [-0.25, -0.2) is 9.78 Å². The van der Waals surface area contributed by atoms with Crippen LogP contribution in [0.5, 0.6) is 0 Å². The van der Waals surface area contributed by atoms with E-state index in [-0.39, 0.29) is 12.1 Å². The van der Waals surface area contributed by atoms with Crippen LogP contribution in [0.2, 0.25) is 0 Å². The Balaban J connectivity index is 2.39. The molecule has 0 saturated carbocycles. The summed E-state index contributed by atoms with van der Waals surface area (Å²) in [6.07, 6.45) is -0.178. The third-order valence-corrected chi connectivity index (χ3v) is 3.52. The SMILES string of the molecule is Cc1cc2nc3ccccc3c-2c(C(=O)OC(C)C)c(C)n1. The molecule has 3 rings (SSSR count). The van der Waals surface area contributed by atoms with Crippen molar-refractivity contribution in [1.82, 2.24) is 9.97 Å². The summed E-state index contributed by atoms with van der Waals surface area (Å²) >= 11 is 0. The first kappa shape index (κ1) is 14.4. The number of fused-ring (bicyclic) bond motifs is 3. The second kappa shape index (κ2) is 5.37. The van der Waals surface area contributed by atoms with Crippen LogP contribution in [-0.2, 0) is 4.74 Å². The first-order valence-corrected chi connectivity index (χ1v) is 7.35. The predicted octanol–water partition coefficient (Wildman–Crippen LogP) is 3.92. The van der Waals surface area contributed by atoms with Gasteiger partial charge in [-0.3, -0.25) is 4.98 Å². The van der Waals surface area contributed by atoms with Crippen LogP contribution in [0.1, 0.15) is 35.6 Å². The molecule has 0 radical (unpaired) electrons. The lowest BCUT2D eigenvalue weighted by molar-refractivity contribution is 0.0378. The van der Waals surface area contributed by atoms with Gasteiger partial charge in [0.05, 0.1) is 28.6 Å². The van der Waals surface area contributed by atoms with Crippen LogP contribution in [0.4, 0.5) is 0 Å². The van der Waals surface area contributed by atoms with Gasteiger partial charge in [-0.1, -0.05) is 18.2 Å². The Morgan fingerprint density at radius 1 is 1.14 bits per heavy atom. The summed E-state index contributed by atoms with van der Waals surface area (Å²) in [7, 11) is 0. The van der Waals surface area contributed by atoms with Crippen LogP contribution >= 0.6 is 0 Å². The monoisotopic (exact) mass is 294 g/mol. The third kappa shape index (κ3) is 2.41. The molecule has 0 fully saturated rings. The number of hydrogen-bond donors (Lipinski definition) is 0. The standard InChI is InChI=1S/C18H18N2O2/c1-10(2)22-18(21)16-12(4)19-11(3)9-15-17(16)13-7-5-6-8-14(13)20-15/h5-10H,1-4H3. The number of nitrogens with zero attached hydrogens (tertiary/aromatic N) is 2. The molecule has 4 nitrogen and oxygen atoms in total. The van der Waals surface area contributed by atoms with Gasteiger partial charge in [0, 0.05) is 16.6 Å². The molecule has 0 aliphatic carbocycles. The zero-order valence-electron chi connectivity index (χ0n) is 13.2. The maximum Gasteiger partial charge on any atom is 0.340 e. The molecule has 112 valence electrons. The van der Waals surface area contributed by atoms with Crippen molar-refractivity contribution in [2.75, 3.05) is 0 Å². The fraction of sp³-hybridized carbons (Fsp3) is 0.278. The van der Waals surface area contributed by atoms with Gasteiger partial charge in [0.25, 0.3) is 0 Å². The molecular weight excluding hydrogens is 276 g/mol. The molecule has 0 aromatic heterocycles. The topological polar surface area (TPSA) is 52.1 Å². The molecule has 22 heavy (non-hydrogen) atoms. The number of rotatable bonds is 2. The second-order valence-corrected chi connectivity index (χ2v) is 5.70. The van der Waals surface area contributed by atoms with E-state index in [2.05, 4.69) is 9.97 Å². The van der Waals surface area contributed by atoms with Crippen molar-refractivity contribution in [3.63, 3.8) is 0 Å². The number of carbonyl (C=O) groups is 1. The van der Waals surface area contributed by atoms with E-state index in [1.165, 1.54) is 0 Å². The Labute approximate surface area is 129 Å². The minimum absolute atomic E-state index is 0.178. The molecule has 0 bridgehead atoms. The van der Waals surface area contributed by atoms with Crippen molar-refractivity contribution >= 4 is 16.9 Å². The smallest absolute Gasteiger partial charge is 0.340 e. The lowest BCUT2D eigenvalue weighted by Crippen LogP contribution is -2.13. The molecule has 1 aromatic carbocycles. The maximum atomic E-state index is 12.6. The van der Waals surface area contributed by atoms with Crippen LogP contribution in [-0.4, -0.2) is 22.0 Å². The Hall–Kier alpha value is -2.49. The van der Waals surface area contributed by atoms with Crippen molar-refractivity contribution < 1.29 is 9.53 Å². The zero-order valence-corrected chi connectivity index (χ0v) is 13.2. The predicted molar refractivity (Wildman–Crippen MR) is 86.2 cm³/mol. The van der Waals surface area contributed by atoms with E-state index in [0.29, 0.717) is 11.3 Å². The number of benzene rings is 1. The van der Waals surface area contributed by atoms with E-state index in [1.807, 2.05) is 58.0 Å². The molecular formula is C18H18N2O2. The Morgan fingerprint density at radius 2 is 1.86 bits per heavy atom. The molecule has 0 unspecified atom stereocenters. The van der Waals surface area contributed by atoms with Crippen molar-refractivity contribution in [2.24, 2.45) is 0 Å². The third-order valence-electron chi connectivity index (χ3n) is 3.52.